The van der Waals surface area contributed by atoms with E-state index in [9.17, 15) is 0 Å². The van der Waals surface area contributed by atoms with Crippen molar-refractivity contribution in [1.29, 1.82) is 0 Å². The van der Waals surface area contributed by atoms with E-state index < -0.39 is 0 Å². The zero-order valence-electron chi connectivity index (χ0n) is 16.4. The van der Waals surface area contributed by atoms with Gasteiger partial charge in [0.1, 0.15) is 0 Å². The summed E-state index contributed by atoms with van der Waals surface area (Å²) < 4.78 is 2.07. The molecule has 3 N–H and O–H groups in total. The molecule has 0 unspecified atom stereocenters. The summed E-state index contributed by atoms with van der Waals surface area (Å²) in [5, 5.41) is 4.32. The number of nitrogens with one attached hydrogen (secondary N) is 1. The highest BCUT2D eigenvalue weighted by Crippen LogP contribution is 2.28. The van der Waals surface area contributed by atoms with Crippen LogP contribution in [0, 0.1) is 0 Å². The summed E-state index contributed by atoms with van der Waals surface area (Å²) in [6, 6.07) is 21.9. The fraction of sp³-hybridized carbons (Fsp3) is 0.125. The highest BCUT2D eigenvalue weighted by Gasteiger charge is 2.10. The summed E-state index contributed by atoms with van der Waals surface area (Å²) >= 11 is 12.1. The summed E-state index contributed by atoms with van der Waals surface area (Å²) in [6.07, 6.45) is 2.00. The van der Waals surface area contributed by atoms with E-state index in [-0.39, 0.29) is 0 Å². The lowest BCUT2D eigenvalue weighted by atomic mass is 10.1. The molecule has 0 aliphatic rings. The standard InChI is InChI=1S/C24H22Cl2N4/c1-16(18-9-11-20(25)21(26)14-18)28-19-10-12-23-22(15-19)29-24(27)30(23)13-5-8-17-6-3-2-4-7-17/h2-4,6-7,9-12,14-15,28H,1,5,8,13H2,(H2,27,29). The number of hydrogen-bond donors (Lipinski definition) is 2. The van der Waals surface area contributed by atoms with Crippen molar-refractivity contribution in [2.45, 2.75) is 19.4 Å². The minimum absolute atomic E-state index is 0.495. The van der Waals surface area contributed by atoms with Gasteiger partial charge in [0.2, 0.25) is 5.95 Å². The Labute approximate surface area is 185 Å². The second kappa shape index (κ2) is 8.82. The van der Waals surface area contributed by atoms with E-state index in [1.165, 1.54) is 5.56 Å². The summed E-state index contributed by atoms with van der Waals surface area (Å²) in [5.41, 5.74) is 11.9. The molecule has 0 aliphatic carbocycles. The molecule has 0 aliphatic heterocycles. The van der Waals surface area contributed by atoms with Crippen molar-refractivity contribution >= 4 is 51.6 Å². The third kappa shape index (κ3) is 4.45. The van der Waals surface area contributed by atoms with Crippen LogP contribution < -0.4 is 11.1 Å². The SMILES string of the molecule is C=C(Nc1ccc2c(c1)nc(N)n2CCCc1ccccc1)c1ccc(Cl)c(Cl)c1. The van der Waals surface area contributed by atoms with Gasteiger partial charge in [-0.25, -0.2) is 4.98 Å². The van der Waals surface area contributed by atoms with Crippen LogP contribution in [-0.2, 0) is 13.0 Å². The van der Waals surface area contributed by atoms with Gasteiger partial charge in [0, 0.05) is 17.9 Å². The average Bonchev–Trinajstić information content (AvgIpc) is 3.05. The molecule has 30 heavy (non-hydrogen) atoms. The molecule has 6 heteroatoms. The van der Waals surface area contributed by atoms with Gasteiger partial charge in [0.05, 0.1) is 21.1 Å². The molecule has 0 saturated carbocycles. The second-order valence-corrected chi connectivity index (χ2v) is 7.96. The first-order valence-electron chi connectivity index (χ1n) is 9.72. The Morgan fingerprint density at radius 2 is 1.80 bits per heavy atom. The fourth-order valence-electron chi connectivity index (χ4n) is 3.48. The van der Waals surface area contributed by atoms with Crippen LogP contribution in [0.15, 0.2) is 73.3 Å². The lowest BCUT2D eigenvalue weighted by Gasteiger charge is -2.11. The quantitative estimate of drug-likeness (QED) is 0.341. The Morgan fingerprint density at radius 3 is 2.57 bits per heavy atom. The molecule has 152 valence electrons. The molecule has 1 heterocycles. The Bertz CT molecular complexity index is 1200. The van der Waals surface area contributed by atoms with Gasteiger partial charge >= 0.3 is 0 Å². The molecule has 0 atom stereocenters. The van der Waals surface area contributed by atoms with E-state index >= 15 is 0 Å². The number of nitrogens with zero attached hydrogens (tertiary/aromatic N) is 2. The number of nitrogens with two attached hydrogens (primary N) is 1. The van der Waals surface area contributed by atoms with Gasteiger partial charge in [-0.1, -0.05) is 66.2 Å². The normalized spacial score (nSPS) is 11.0. The highest BCUT2D eigenvalue weighted by atomic mass is 35.5. The van der Waals surface area contributed by atoms with Crippen molar-refractivity contribution in [3.05, 3.63) is 94.5 Å². The van der Waals surface area contributed by atoms with Crippen LogP contribution in [0.3, 0.4) is 0 Å². The van der Waals surface area contributed by atoms with Gasteiger partial charge in [-0.2, -0.15) is 0 Å². The number of benzene rings is 3. The van der Waals surface area contributed by atoms with Gasteiger partial charge in [0.25, 0.3) is 0 Å². The van der Waals surface area contributed by atoms with Crippen LogP contribution in [0.1, 0.15) is 17.5 Å². The highest BCUT2D eigenvalue weighted by molar-refractivity contribution is 6.42. The molecule has 0 bridgehead atoms. The van der Waals surface area contributed by atoms with Crippen molar-refractivity contribution in [3.8, 4) is 0 Å². The molecule has 3 aromatic carbocycles. The van der Waals surface area contributed by atoms with Gasteiger partial charge in [-0.3, -0.25) is 0 Å². The number of rotatable bonds is 7. The number of halogens is 2. The third-order valence-electron chi connectivity index (χ3n) is 5.03. The van der Waals surface area contributed by atoms with Crippen molar-refractivity contribution < 1.29 is 0 Å². The van der Waals surface area contributed by atoms with E-state index in [0.29, 0.717) is 16.0 Å². The van der Waals surface area contributed by atoms with E-state index in [1.807, 2.05) is 30.3 Å². The lowest BCUT2D eigenvalue weighted by molar-refractivity contribution is 0.665. The number of fused-ring (bicyclic) bond motifs is 1. The number of aryl methyl sites for hydroxylation is 2. The van der Waals surface area contributed by atoms with E-state index in [1.54, 1.807) is 12.1 Å². The minimum Gasteiger partial charge on any atom is -0.369 e. The van der Waals surface area contributed by atoms with Gasteiger partial charge in [-0.15, -0.1) is 0 Å². The van der Waals surface area contributed by atoms with Crippen LogP contribution in [-0.4, -0.2) is 9.55 Å². The summed E-state index contributed by atoms with van der Waals surface area (Å²) in [5.74, 6) is 0.526. The van der Waals surface area contributed by atoms with Crippen molar-refractivity contribution in [2.75, 3.05) is 11.1 Å². The Hall–Kier alpha value is -2.95. The second-order valence-electron chi connectivity index (χ2n) is 7.15. The van der Waals surface area contributed by atoms with Crippen LogP contribution in [0.2, 0.25) is 10.0 Å². The number of imidazole rings is 1. The van der Waals surface area contributed by atoms with Crippen molar-refractivity contribution in [3.63, 3.8) is 0 Å². The Kier molecular flexibility index (Phi) is 5.98. The van der Waals surface area contributed by atoms with E-state index in [2.05, 4.69) is 45.7 Å². The monoisotopic (exact) mass is 436 g/mol. The predicted octanol–water partition coefficient (Wildman–Crippen LogP) is 6.64. The Morgan fingerprint density at radius 1 is 1.00 bits per heavy atom. The maximum Gasteiger partial charge on any atom is 0.201 e. The molecule has 1 aromatic heterocycles. The van der Waals surface area contributed by atoms with Gasteiger partial charge in [0.15, 0.2) is 0 Å². The summed E-state index contributed by atoms with van der Waals surface area (Å²) in [4.78, 5) is 4.54. The molecule has 0 saturated heterocycles. The first-order valence-corrected chi connectivity index (χ1v) is 10.5. The van der Waals surface area contributed by atoms with Gasteiger partial charge in [-0.05, 0) is 54.3 Å². The predicted molar refractivity (Wildman–Crippen MR) is 128 cm³/mol. The topological polar surface area (TPSA) is 55.9 Å². The van der Waals surface area contributed by atoms with Crippen LogP contribution in [0.25, 0.3) is 16.7 Å². The minimum atomic E-state index is 0.495. The van der Waals surface area contributed by atoms with Crippen LogP contribution in [0.5, 0.6) is 0 Å². The maximum atomic E-state index is 6.19. The molecule has 4 aromatic rings. The summed E-state index contributed by atoms with van der Waals surface area (Å²) in [7, 11) is 0. The van der Waals surface area contributed by atoms with E-state index in [4.69, 9.17) is 28.9 Å². The van der Waals surface area contributed by atoms with Crippen molar-refractivity contribution in [1.82, 2.24) is 9.55 Å². The lowest BCUT2D eigenvalue weighted by Crippen LogP contribution is -2.04. The number of aromatic nitrogens is 2. The van der Waals surface area contributed by atoms with E-state index in [0.717, 1.165) is 47.4 Å². The molecule has 4 rings (SSSR count). The number of nitrogen functional groups attached to an aromatic ring is 1. The molecular formula is C24H22Cl2N4. The average molecular weight is 437 g/mol. The first-order chi connectivity index (χ1) is 14.5. The molecule has 4 nitrogen and oxygen atoms in total. The molecule has 0 fully saturated rings. The van der Waals surface area contributed by atoms with Crippen molar-refractivity contribution in [2.24, 2.45) is 0 Å². The first kappa shape index (κ1) is 20.3. The molecule has 0 amide bonds. The number of hydrogen-bond acceptors (Lipinski definition) is 3. The zero-order valence-corrected chi connectivity index (χ0v) is 17.9. The summed E-state index contributed by atoms with van der Waals surface area (Å²) in [6.45, 7) is 4.92. The number of anilines is 2. The third-order valence-corrected chi connectivity index (χ3v) is 5.77. The molecule has 0 radical (unpaired) electrons. The smallest absolute Gasteiger partial charge is 0.201 e. The van der Waals surface area contributed by atoms with Crippen LogP contribution in [0.4, 0.5) is 11.6 Å². The van der Waals surface area contributed by atoms with Crippen LogP contribution >= 0.6 is 23.2 Å². The largest absolute Gasteiger partial charge is 0.369 e. The maximum absolute atomic E-state index is 6.19. The Balaban J connectivity index is 1.48. The molecular weight excluding hydrogens is 415 g/mol. The van der Waals surface area contributed by atoms with Gasteiger partial charge < -0.3 is 15.6 Å². The molecule has 0 spiro atoms. The zero-order chi connectivity index (χ0) is 21.1. The fourth-order valence-corrected chi connectivity index (χ4v) is 3.78.